The predicted octanol–water partition coefficient (Wildman–Crippen LogP) is 5.65. The number of anilines is 2. The predicted molar refractivity (Wildman–Crippen MR) is 124 cm³/mol. The molecular formula is C25H34N2O4. The molecule has 1 N–H and O–H groups in total. The van der Waals surface area contributed by atoms with Gasteiger partial charge in [-0.05, 0) is 72.7 Å². The lowest BCUT2D eigenvalue weighted by Crippen LogP contribution is -2.42. The number of rotatable bonds is 7. The topological polar surface area (TPSA) is 67.9 Å². The number of methoxy groups -OCH3 is 1. The zero-order chi connectivity index (χ0) is 23.3. The van der Waals surface area contributed by atoms with Gasteiger partial charge in [-0.15, -0.1) is 0 Å². The molecule has 0 unspecified atom stereocenters. The van der Waals surface area contributed by atoms with Crippen molar-refractivity contribution in [3.05, 3.63) is 53.6 Å². The van der Waals surface area contributed by atoms with Crippen molar-refractivity contribution in [1.82, 2.24) is 4.90 Å². The average molecular weight is 427 g/mol. The van der Waals surface area contributed by atoms with Crippen LogP contribution in [0.1, 0.15) is 69.2 Å². The Hall–Kier alpha value is -3.02. The van der Waals surface area contributed by atoms with Crippen LogP contribution in [0.25, 0.3) is 0 Å². The largest absolute Gasteiger partial charge is 0.496 e. The van der Waals surface area contributed by atoms with Gasteiger partial charge >= 0.3 is 5.97 Å². The summed E-state index contributed by atoms with van der Waals surface area (Å²) in [6.45, 7) is 13.4. The van der Waals surface area contributed by atoms with Gasteiger partial charge in [-0.2, -0.15) is 0 Å². The van der Waals surface area contributed by atoms with Crippen molar-refractivity contribution in [3.63, 3.8) is 0 Å². The van der Waals surface area contributed by atoms with E-state index in [0.29, 0.717) is 22.7 Å². The number of nitrogens with one attached hydrogen (secondary N) is 1. The second-order valence-corrected chi connectivity index (χ2v) is 8.96. The molecule has 0 spiro atoms. The van der Waals surface area contributed by atoms with E-state index in [1.165, 1.54) is 7.11 Å². The molecule has 168 valence electrons. The number of ether oxygens (including phenoxy) is 2. The average Bonchev–Trinajstić information content (AvgIpc) is 2.66. The van der Waals surface area contributed by atoms with E-state index in [1.807, 2.05) is 71.6 Å². The zero-order valence-corrected chi connectivity index (χ0v) is 19.8. The van der Waals surface area contributed by atoms with Crippen LogP contribution in [0.2, 0.25) is 0 Å². The second-order valence-electron chi connectivity index (χ2n) is 8.96. The SMILES string of the molecule is COc1cccc(Nc2ccccc2C(=O)N(C(C)C)C(C)C)c1C(=O)OC(C)(C)C. The van der Waals surface area contributed by atoms with E-state index in [1.54, 1.807) is 24.3 Å². The van der Waals surface area contributed by atoms with Crippen molar-refractivity contribution < 1.29 is 19.1 Å². The molecule has 0 fully saturated rings. The number of carbonyl (C=O) groups excluding carboxylic acids is 2. The molecule has 0 saturated carbocycles. The van der Waals surface area contributed by atoms with Gasteiger partial charge in [-0.1, -0.05) is 18.2 Å². The van der Waals surface area contributed by atoms with E-state index >= 15 is 0 Å². The summed E-state index contributed by atoms with van der Waals surface area (Å²) >= 11 is 0. The van der Waals surface area contributed by atoms with E-state index in [-0.39, 0.29) is 23.6 Å². The summed E-state index contributed by atoms with van der Waals surface area (Å²) in [6.07, 6.45) is 0. The van der Waals surface area contributed by atoms with Crippen LogP contribution < -0.4 is 10.1 Å². The third kappa shape index (κ3) is 6.00. The number of nitrogens with zero attached hydrogens (tertiary/aromatic N) is 1. The van der Waals surface area contributed by atoms with Crippen LogP contribution in [0.4, 0.5) is 11.4 Å². The number of amides is 1. The van der Waals surface area contributed by atoms with E-state index in [4.69, 9.17) is 9.47 Å². The summed E-state index contributed by atoms with van der Waals surface area (Å²) in [6, 6.07) is 12.7. The van der Waals surface area contributed by atoms with Crippen molar-refractivity contribution in [2.75, 3.05) is 12.4 Å². The summed E-state index contributed by atoms with van der Waals surface area (Å²) in [5.41, 5.74) is 1.28. The summed E-state index contributed by atoms with van der Waals surface area (Å²) in [5.74, 6) is -0.175. The Balaban J connectivity index is 2.51. The minimum Gasteiger partial charge on any atom is -0.496 e. The van der Waals surface area contributed by atoms with Crippen LogP contribution in [-0.4, -0.2) is 41.6 Å². The molecule has 31 heavy (non-hydrogen) atoms. The van der Waals surface area contributed by atoms with Crippen LogP contribution in [0, 0.1) is 0 Å². The standard InChI is InChI=1S/C25H34N2O4/c1-16(2)27(17(3)4)23(28)18-12-9-10-13-19(18)26-20-14-11-15-21(30-8)22(20)24(29)31-25(5,6)7/h9-17,26H,1-8H3. The summed E-state index contributed by atoms with van der Waals surface area (Å²) < 4.78 is 11.0. The summed E-state index contributed by atoms with van der Waals surface area (Å²) in [7, 11) is 1.51. The first kappa shape index (κ1) is 24.3. The first-order valence-corrected chi connectivity index (χ1v) is 10.5. The van der Waals surface area contributed by atoms with Gasteiger partial charge in [-0.3, -0.25) is 4.79 Å². The summed E-state index contributed by atoms with van der Waals surface area (Å²) in [4.78, 5) is 28.1. The van der Waals surface area contributed by atoms with Gasteiger partial charge in [0.05, 0.1) is 24.0 Å². The molecule has 0 aromatic heterocycles. The molecule has 2 aromatic rings. The molecule has 2 aromatic carbocycles. The molecule has 6 heteroatoms. The fraction of sp³-hybridized carbons (Fsp3) is 0.440. The minimum atomic E-state index is -0.655. The number of benzene rings is 2. The Bertz CT molecular complexity index is 921. The van der Waals surface area contributed by atoms with Gasteiger partial charge in [0.1, 0.15) is 16.9 Å². The molecule has 6 nitrogen and oxygen atoms in total. The van der Waals surface area contributed by atoms with Crippen LogP contribution in [0.5, 0.6) is 5.75 Å². The number of esters is 1. The molecule has 0 aliphatic carbocycles. The molecule has 1 amide bonds. The fourth-order valence-electron chi connectivity index (χ4n) is 3.47. The molecule has 0 aliphatic rings. The maximum atomic E-state index is 13.3. The zero-order valence-electron chi connectivity index (χ0n) is 19.8. The van der Waals surface area contributed by atoms with Crippen molar-refractivity contribution >= 4 is 23.3 Å². The highest BCUT2D eigenvalue weighted by Crippen LogP contribution is 2.32. The highest BCUT2D eigenvalue weighted by atomic mass is 16.6. The fourth-order valence-corrected chi connectivity index (χ4v) is 3.47. The third-order valence-electron chi connectivity index (χ3n) is 4.62. The van der Waals surface area contributed by atoms with Gasteiger partial charge in [0.2, 0.25) is 0 Å². The highest BCUT2D eigenvalue weighted by Gasteiger charge is 2.26. The van der Waals surface area contributed by atoms with Crippen LogP contribution in [0.15, 0.2) is 42.5 Å². The van der Waals surface area contributed by atoms with Gasteiger partial charge in [0.15, 0.2) is 0 Å². The van der Waals surface area contributed by atoms with Crippen molar-refractivity contribution in [3.8, 4) is 5.75 Å². The Morgan fingerprint density at radius 2 is 1.48 bits per heavy atom. The lowest BCUT2D eigenvalue weighted by Gasteiger charge is -2.31. The maximum Gasteiger partial charge on any atom is 0.344 e. The van der Waals surface area contributed by atoms with Crippen LogP contribution >= 0.6 is 0 Å². The van der Waals surface area contributed by atoms with Crippen LogP contribution in [-0.2, 0) is 4.74 Å². The molecule has 2 rings (SSSR count). The van der Waals surface area contributed by atoms with Gasteiger partial charge in [0, 0.05) is 12.1 Å². The van der Waals surface area contributed by atoms with Crippen LogP contribution in [0.3, 0.4) is 0 Å². The number of para-hydroxylation sites is 1. The van der Waals surface area contributed by atoms with E-state index in [2.05, 4.69) is 5.32 Å². The van der Waals surface area contributed by atoms with Gasteiger partial charge < -0.3 is 19.7 Å². The Morgan fingerprint density at radius 3 is 2.03 bits per heavy atom. The van der Waals surface area contributed by atoms with Gasteiger partial charge in [0.25, 0.3) is 5.91 Å². The molecular weight excluding hydrogens is 392 g/mol. The lowest BCUT2D eigenvalue weighted by molar-refractivity contribution is 0.00676. The van der Waals surface area contributed by atoms with E-state index in [9.17, 15) is 9.59 Å². The maximum absolute atomic E-state index is 13.3. The van der Waals surface area contributed by atoms with E-state index in [0.717, 1.165) is 0 Å². The first-order chi connectivity index (χ1) is 14.5. The molecule has 0 atom stereocenters. The normalized spacial score (nSPS) is 11.4. The molecule has 0 radical (unpaired) electrons. The van der Waals surface area contributed by atoms with Crippen molar-refractivity contribution in [2.45, 2.75) is 66.2 Å². The number of carbonyl (C=O) groups is 2. The Morgan fingerprint density at radius 1 is 0.903 bits per heavy atom. The minimum absolute atomic E-state index is 0.0506. The second kappa shape index (κ2) is 9.86. The van der Waals surface area contributed by atoms with E-state index < -0.39 is 11.6 Å². The Labute approximate surface area is 185 Å². The third-order valence-corrected chi connectivity index (χ3v) is 4.62. The Kier molecular flexibility index (Phi) is 7.71. The summed E-state index contributed by atoms with van der Waals surface area (Å²) in [5, 5.41) is 3.27. The molecule has 0 aliphatic heterocycles. The van der Waals surface area contributed by atoms with Crippen molar-refractivity contribution in [2.24, 2.45) is 0 Å². The molecule has 0 bridgehead atoms. The quantitative estimate of drug-likeness (QED) is 0.579. The molecule has 0 saturated heterocycles. The number of hydrogen-bond donors (Lipinski definition) is 1. The molecule has 0 heterocycles. The highest BCUT2D eigenvalue weighted by molar-refractivity contribution is 6.03. The lowest BCUT2D eigenvalue weighted by atomic mass is 10.1. The number of hydrogen-bond acceptors (Lipinski definition) is 5. The monoisotopic (exact) mass is 426 g/mol. The van der Waals surface area contributed by atoms with Crippen molar-refractivity contribution in [1.29, 1.82) is 0 Å². The van der Waals surface area contributed by atoms with Gasteiger partial charge in [-0.25, -0.2) is 4.79 Å². The smallest absolute Gasteiger partial charge is 0.344 e. The first-order valence-electron chi connectivity index (χ1n) is 10.5.